The summed E-state index contributed by atoms with van der Waals surface area (Å²) >= 11 is 0. The second kappa shape index (κ2) is 4.44. The van der Waals surface area contributed by atoms with Gasteiger partial charge in [0, 0.05) is 12.6 Å². The number of carbonyl (C=O) groups is 1. The number of aromatic nitrogens is 4. The summed E-state index contributed by atoms with van der Waals surface area (Å²) < 4.78 is 14.7. The van der Waals surface area contributed by atoms with Crippen molar-refractivity contribution in [3.05, 3.63) is 59.4 Å². The number of benzene rings is 1. The van der Waals surface area contributed by atoms with Gasteiger partial charge in [-0.2, -0.15) is 10.1 Å². The molecule has 0 bridgehead atoms. The van der Waals surface area contributed by atoms with Crippen molar-refractivity contribution in [2.45, 2.75) is 18.8 Å². The second-order valence-corrected chi connectivity index (χ2v) is 5.17. The third kappa shape index (κ3) is 1.91. The van der Waals surface area contributed by atoms with E-state index in [1.54, 1.807) is 22.8 Å². The molecule has 0 radical (unpaired) electrons. The summed E-state index contributed by atoms with van der Waals surface area (Å²) in [6, 6.07) is 6.32. The molecule has 1 atom stereocenters. The molecule has 5 nitrogen and oxygen atoms in total. The van der Waals surface area contributed by atoms with E-state index in [1.807, 2.05) is 0 Å². The lowest BCUT2D eigenvalue weighted by Crippen LogP contribution is -2.22. The van der Waals surface area contributed by atoms with Crippen LogP contribution in [0.5, 0.6) is 0 Å². The number of rotatable bonds is 1. The summed E-state index contributed by atoms with van der Waals surface area (Å²) in [6.45, 7) is 0. The van der Waals surface area contributed by atoms with E-state index in [2.05, 4.69) is 15.1 Å². The Morgan fingerprint density at radius 2 is 1.95 bits per heavy atom. The molecule has 1 unspecified atom stereocenters. The van der Waals surface area contributed by atoms with E-state index in [0.717, 1.165) is 11.3 Å². The van der Waals surface area contributed by atoms with E-state index >= 15 is 0 Å². The summed E-state index contributed by atoms with van der Waals surface area (Å²) in [4.78, 5) is 20.5. The van der Waals surface area contributed by atoms with Gasteiger partial charge in [0.25, 0.3) is 5.78 Å². The van der Waals surface area contributed by atoms with Crippen LogP contribution in [0.4, 0.5) is 4.39 Å². The van der Waals surface area contributed by atoms with Crippen molar-refractivity contribution in [3.8, 4) is 0 Å². The van der Waals surface area contributed by atoms with Gasteiger partial charge in [-0.3, -0.25) is 4.79 Å². The van der Waals surface area contributed by atoms with Crippen LogP contribution in [0, 0.1) is 5.82 Å². The third-order valence-corrected chi connectivity index (χ3v) is 3.92. The highest BCUT2D eigenvalue weighted by molar-refractivity contribution is 5.98. The first-order chi connectivity index (χ1) is 10.2. The van der Waals surface area contributed by atoms with Gasteiger partial charge in [0.05, 0.1) is 11.3 Å². The molecule has 0 amide bonds. The monoisotopic (exact) mass is 282 g/mol. The van der Waals surface area contributed by atoms with E-state index in [9.17, 15) is 9.18 Å². The van der Waals surface area contributed by atoms with Crippen molar-refractivity contribution in [3.63, 3.8) is 0 Å². The molecular weight excluding hydrogens is 271 g/mol. The summed E-state index contributed by atoms with van der Waals surface area (Å²) in [6.07, 6.45) is 4.06. The molecule has 104 valence electrons. The molecule has 1 aliphatic rings. The van der Waals surface area contributed by atoms with E-state index in [-0.39, 0.29) is 17.5 Å². The molecule has 0 aliphatic heterocycles. The highest BCUT2D eigenvalue weighted by Crippen LogP contribution is 2.32. The maximum absolute atomic E-state index is 13.0. The van der Waals surface area contributed by atoms with Crippen LogP contribution in [0.3, 0.4) is 0 Å². The van der Waals surface area contributed by atoms with Gasteiger partial charge in [0.15, 0.2) is 5.78 Å². The fourth-order valence-corrected chi connectivity index (χ4v) is 2.86. The molecule has 1 aromatic carbocycles. The largest absolute Gasteiger partial charge is 0.294 e. The van der Waals surface area contributed by atoms with Crippen molar-refractivity contribution in [1.82, 2.24) is 19.6 Å². The molecule has 3 aromatic rings. The van der Waals surface area contributed by atoms with Crippen LogP contribution < -0.4 is 0 Å². The number of nitrogens with zero attached hydrogens (tertiary/aromatic N) is 4. The average molecular weight is 282 g/mol. The Bertz CT molecular complexity index is 841. The van der Waals surface area contributed by atoms with E-state index in [4.69, 9.17) is 0 Å². The van der Waals surface area contributed by atoms with Crippen molar-refractivity contribution in [2.75, 3.05) is 0 Å². The van der Waals surface area contributed by atoms with Crippen molar-refractivity contribution in [1.29, 1.82) is 0 Å². The molecule has 4 rings (SSSR count). The Balaban J connectivity index is 1.81. The first kappa shape index (κ1) is 12.1. The van der Waals surface area contributed by atoms with Gasteiger partial charge in [-0.1, -0.05) is 12.1 Å². The Labute approximate surface area is 119 Å². The van der Waals surface area contributed by atoms with E-state index in [0.29, 0.717) is 24.2 Å². The quantitative estimate of drug-likeness (QED) is 0.686. The first-order valence-electron chi connectivity index (χ1n) is 6.68. The maximum Gasteiger partial charge on any atom is 0.252 e. The molecule has 0 N–H and O–H groups in total. The minimum absolute atomic E-state index is 0.0281. The Morgan fingerprint density at radius 1 is 1.14 bits per heavy atom. The highest BCUT2D eigenvalue weighted by atomic mass is 19.1. The standard InChI is InChI=1S/C15H11FN4O/c16-11-3-1-9(2-4-11)10-5-13-12(14(21)6-10)7-17-15-18-8-19-20(13)15/h1-4,7-8,10H,5-6H2. The second-order valence-electron chi connectivity index (χ2n) is 5.17. The number of Topliss-reactive ketones (excluding diaryl/α,β-unsaturated/α-hetero) is 1. The minimum Gasteiger partial charge on any atom is -0.294 e. The predicted octanol–water partition coefficient (Wildman–Crippen LogP) is 2.18. The summed E-state index contributed by atoms with van der Waals surface area (Å²) in [5.74, 6) is 0.279. The lowest BCUT2D eigenvalue weighted by molar-refractivity contribution is 0.0962. The molecule has 0 saturated carbocycles. The lowest BCUT2D eigenvalue weighted by atomic mass is 9.82. The van der Waals surface area contributed by atoms with E-state index < -0.39 is 0 Å². The van der Waals surface area contributed by atoms with Crippen LogP contribution >= 0.6 is 0 Å². The SMILES string of the molecule is O=C1CC(c2ccc(F)cc2)Cc2c1cnc1ncnn21. The average Bonchev–Trinajstić information content (AvgIpc) is 2.96. The van der Waals surface area contributed by atoms with Crippen LogP contribution in [-0.2, 0) is 6.42 Å². The first-order valence-corrected chi connectivity index (χ1v) is 6.68. The third-order valence-electron chi connectivity index (χ3n) is 3.92. The van der Waals surface area contributed by atoms with E-state index in [1.165, 1.54) is 18.5 Å². The van der Waals surface area contributed by atoms with Crippen molar-refractivity contribution < 1.29 is 9.18 Å². The highest BCUT2D eigenvalue weighted by Gasteiger charge is 2.29. The van der Waals surface area contributed by atoms with Gasteiger partial charge in [0.2, 0.25) is 0 Å². The zero-order valence-corrected chi connectivity index (χ0v) is 11.0. The Kier molecular flexibility index (Phi) is 2.57. The predicted molar refractivity (Wildman–Crippen MR) is 72.6 cm³/mol. The molecule has 0 spiro atoms. The molecular formula is C15H11FN4O. The molecule has 2 aromatic heterocycles. The molecule has 0 fully saturated rings. The maximum atomic E-state index is 13.0. The van der Waals surface area contributed by atoms with Crippen LogP contribution in [0.25, 0.3) is 5.78 Å². The minimum atomic E-state index is -0.274. The molecule has 2 heterocycles. The number of ketones is 1. The number of hydrogen-bond acceptors (Lipinski definition) is 4. The van der Waals surface area contributed by atoms with Crippen LogP contribution in [0.15, 0.2) is 36.8 Å². The zero-order chi connectivity index (χ0) is 14.4. The fourth-order valence-electron chi connectivity index (χ4n) is 2.86. The summed E-state index contributed by atoms with van der Waals surface area (Å²) in [5, 5.41) is 4.14. The molecule has 6 heteroatoms. The van der Waals surface area contributed by atoms with Crippen LogP contribution in [0.1, 0.15) is 34.0 Å². The molecule has 0 saturated heterocycles. The number of carbonyl (C=O) groups excluding carboxylic acids is 1. The Hall–Kier alpha value is -2.63. The smallest absolute Gasteiger partial charge is 0.252 e. The molecule has 21 heavy (non-hydrogen) atoms. The zero-order valence-electron chi connectivity index (χ0n) is 11.0. The number of fused-ring (bicyclic) bond motifs is 3. The van der Waals surface area contributed by atoms with Crippen molar-refractivity contribution >= 4 is 11.6 Å². The fraction of sp³-hybridized carbons (Fsp3) is 0.200. The van der Waals surface area contributed by atoms with Gasteiger partial charge in [0.1, 0.15) is 12.1 Å². The van der Waals surface area contributed by atoms with Crippen molar-refractivity contribution in [2.24, 2.45) is 0 Å². The van der Waals surface area contributed by atoms with Gasteiger partial charge in [-0.25, -0.2) is 13.9 Å². The van der Waals surface area contributed by atoms with Crippen LogP contribution in [-0.4, -0.2) is 25.4 Å². The van der Waals surface area contributed by atoms with Gasteiger partial charge < -0.3 is 0 Å². The summed E-state index contributed by atoms with van der Waals surface area (Å²) in [5.41, 5.74) is 2.38. The van der Waals surface area contributed by atoms with Crippen LogP contribution in [0.2, 0.25) is 0 Å². The van der Waals surface area contributed by atoms with Gasteiger partial charge in [-0.05, 0) is 30.0 Å². The topological polar surface area (TPSA) is 60.2 Å². The number of hydrogen-bond donors (Lipinski definition) is 0. The number of halogens is 1. The summed E-state index contributed by atoms with van der Waals surface area (Å²) in [7, 11) is 0. The lowest BCUT2D eigenvalue weighted by Gasteiger charge is -2.23. The normalized spacial score (nSPS) is 18.0. The molecule has 1 aliphatic carbocycles. The Morgan fingerprint density at radius 3 is 2.76 bits per heavy atom. The van der Waals surface area contributed by atoms with Gasteiger partial charge in [-0.15, -0.1) is 0 Å². The van der Waals surface area contributed by atoms with Gasteiger partial charge >= 0.3 is 0 Å².